The lowest BCUT2D eigenvalue weighted by atomic mass is 10.2. The number of aromatic nitrogens is 4. The van der Waals surface area contributed by atoms with E-state index in [1.54, 1.807) is 47.7 Å². The molecule has 0 atom stereocenters. The second-order valence-corrected chi connectivity index (χ2v) is 4.65. The Morgan fingerprint density at radius 3 is 2.70 bits per heavy atom. The van der Waals surface area contributed by atoms with Gasteiger partial charge in [-0.2, -0.15) is 18.3 Å². The van der Waals surface area contributed by atoms with E-state index < -0.39 is 12.8 Å². The van der Waals surface area contributed by atoms with Gasteiger partial charge in [-0.3, -0.25) is 4.98 Å². The van der Waals surface area contributed by atoms with Crippen LogP contribution in [0, 0.1) is 0 Å². The molecule has 0 saturated heterocycles. The lowest BCUT2D eigenvalue weighted by Crippen LogP contribution is -2.19. The van der Waals surface area contributed by atoms with Gasteiger partial charge in [-0.15, -0.1) is 0 Å². The van der Waals surface area contributed by atoms with Crippen molar-refractivity contribution in [1.82, 2.24) is 19.7 Å². The third-order valence-electron chi connectivity index (χ3n) is 2.90. The molecular formula is C15H11F3N4O. The Morgan fingerprint density at radius 1 is 1.09 bits per heavy atom. The van der Waals surface area contributed by atoms with Crippen LogP contribution in [0.1, 0.15) is 0 Å². The van der Waals surface area contributed by atoms with Crippen molar-refractivity contribution in [2.75, 3.05) is 6.61 Å². The number of ether oxygens (including phenoxy) is 1. The third-order valence-corrected chi connectivity index (χ3v) is 2.90. The van der Waals surface area contributed by atoms with Crippen LogP contribution in [-0.2, 0) is 0 Å². The molecule has 3 rings (SSSR count). The van der Waals surface area contributed by atoms with Gasteiger partial charge in [-0.1, -0.05) is 6.07 Å². The summed E-state index contributed by atoms with van der Waals surface area (Å²) in [6.45, 7) is -1.38. The van der Waals surface area contributed by atoms with Crippen LogP contribution in [-0.4, -0.2) is 32.5 Å². The Morgan fingerprint density at radius 2 is 1.96 bits per heavy atom. The zero-order valence-corrected chi connectivity index (χ0v) is 11.7. The van der Waals surface area contributed by atoms with Gasteiger partial charge < -0.3 is 4.74 Å². The number of hydrogen-bond acceptors (Lipinski definition) is 4. The molecule has 0 aliphatic heterocycles. The molecule has 3 aromatic rings. The predicted molar refractivity (Wildman–Crippen MR) is 76.1 cm³/mol. The first-order chi connectivity index (χ1) is 11.0. The lowest BCUT2D eigenvalue weighted by molar-refractivity contribution is -0.154. The maximum Gasteiger partial charge on any atom is 0.422 e. The quantitative estimate of drug-likeness (QED) is 0.740. The van der Waals surface area contributed by atoms with Gasteiger partial charge in [0.25, 0.3) is 0 Å². The zero-order chi connectivity index (χ0) is 16.3. The fourth-order valence-corrected chi connectivity index (χ4v) is 1.90. The Kier molecular flexibility index (Phi) is 3.96. The van der Waals surface area contributed by atoms with Gasteiger partial charge in [0.15, 0.2) is 6.61 Å². The lowest BCUT2D eigenvalue weighted by Gasteiger charge is -2.08. The van der Waals surface area contributed by atoms with E-state index in [1.807, 2.05) is 6.07 Å². The monoisotopic (exact) mass is 320 g/mol. The van der Waals surface area contributed by atoms with Gasteiger partial charge in [0.1, 0.15) is 0 Å². The van der Waals surface area contributed by atoms with Gasteiger partial charge in [-0.25, -0.2) is 9.67 Å². The number of hydrogen-bond donors (Lipinski definition) is 0. The standard InChI is InChI=1S/C15H11F3N4O/c16-15(17,18)10-23-14-5-1-4-13(21-14)11-7-20-22(9-11)12-3-2-6-19-8-12/h1-9H,10H2. The second kappa shape index (κ2) is 6.07. The van der Waals surface area contributed by atoms with Crippen molar-refractivity contribution in [1.29, 1.82) is 0 Å². The van der Waals surface area contributed by atoms with E-state index in [9.17, 15) is 13.2 Å². The highest BCUT2D eigenvalue weighted by molar-refractivity contribution is 5.58. The van der Waals surface area contributed by atoms with Crippen LogP contribution in [0.5, 0.6) is 5.88 Å². The van der Waals surface area contributed by atoms with Crippen LogP contribution in [0.15, 0.2) is 55.1 Å². The largest absolute Gasteiger partial charge is 0.468 e. The molecule has 118 valence electrons. The first-order valence-corrected chi connectivity index (χ1v) is 6.63. The maximum atomic E-state index is 12.2. The Hall–Kier alpha value is -2.90. The maximum absolute atomic E-state index is 12.2. The normalized spacial score (nSPS) is 11.4. The minimum Gasteiger partial charge on any atom is -0.468 e. The van der Waals surface area contributed by atoms with Crippen molar-refractivity contribution in [3.05, 3.63) is 55.1 Å². The van der Waals surface area contributed by atoms with Crippen LogP contribution < -0.4 is 4.74 Å². The smallest absolute Gasteiger partial charge is 0.422 e. The molecule has 0 N–H and O–H groups in total. The highest BCUT2D eigenvalue weighted by Crippen LogP contribution is 2.22. The average molecular weight is 320 g/mol. The Balaban J connectivity index is 1.81. The summed E-state index contributed by atoms with van der Waals surface area (Å²) in [6, 6.07) is 8.24. The van der Waals surface area contributed by atoms with E-state index in [0.717, 1.165) is 5.69 Å². The van der Waals surface area contributed by atoms with Gasteiger partial charge in [0, 0.05) is 24.0 Å². The molecule has 0 bridgehead atoms. The zero-order valence-electron chi connectivity index (χ0n) is 11.7. The van der Waals surface area contributed by atoms with Crippen LogP contribution >= 0.6 is 0 Å². The summed E-state index contributed by atoms with van der Waals surface area (Å²) in [5, 5.41) is 4.19. The van der Waals surface area contributed by atoms with Gasteiger partial charge in [0.05, 0.1) is 23.8 Å². The summed E-state index contributed by atoms with van der Waals surface area (Å²) in [6.07, 6.45) is 2.18. The van der Waals surface area contributed by atoms with Crippen molar-refractivity contribution in [3.8, 4) is 22.8 Å². The van der Waals surface area contributed by atoms with Gasteiger partial charge in [-0.05, 0) is 18.2 Å². The molecule has 0 amide bonds. The van der Waals surface area contributed by atoms with Crippen LogP contribution in [0.4, 0.5) is 13.2 Å². The van der Waals surface area contributed by atoms with Gasteiger partial charge in [0.2, 0.25) is 5.88 Å². The fourth-order valence-electron chi connectivity index (χ4n) is 1.90. The highest BCUT2D eigenvalue weighted by Gasteiger charge is 2.28. The molecule has 23 heavy (non-hydrogen) atoms. The first kappa shape index (κ1) is 15.0. The summed E-state index contributed by atoms with van der Waals surface area (Å²) in [5.74, 6) is -0.0889. The number of rotatable bonds is 4. The molecule has 3 aromatic heterocycles. The molecule has 0 aromatic carbocycles. The summed E-state index contributed by atoms with van der Waals surface area (Å²) in [7, 11) is 0. The van der Waals surface area contributed by atoms with Crippen LogP contribution in [0.2, 0.25) is 0 Å². The van der Waals surface area contributed by atoms with E-state index in [4.69, 9.17) is 0 Å². The Bertz CT molecular complexity index is 787. The van der Waals surface area contributed by atoms with E-state index in [1.165, 1.54) is 6.07 Å². The number of nitrogens with zero attached hydrogens (tertiary/aromatic N) is 4. The molecule has 0 aliphatic carbocycles. The topological polar surface area (TPSA) is 52.8 Å². The third kappa shape index (κ3) is 3.85. The average Bonchev–Trinajstić information content (AvgIpc) is 3.03. The van der Waals surface area contributed by atoms with E-state index in [0.29, 0.717) is 11.3 Å². The van der Waals surface area contributed by atoms with Crippen molar-refractivity contribution in [3.63, 3.8) is 0 Å². The van der Waals surface area contributed by atoms with Crippen LogP contribution in [0.3, 0.4) is 0 Å². The van der Waals surface area contributed by atoms with Crippen molar-refractivity contribution in [2.24, 2.45) is 0 Å². The SMILES string of the molecule is FC(F)(F)COc1cccc(-c2cnn(-c3cccnc3)c2)n1. The summed E-state index contributed by atoms with van der Waals surface area (Å²) in [4.78, 5) is 8.06. The van der Waals surface area contributed by atoms with E-state index in [-0.39, 0.29) is 5.88 Å². The molecule has 0 saturated carbocycles. The molecule has 0 aliphatic rings. The molecule has 0 spiro atoms. The summed E-state index contributed by atoms with van der Waals surface area (Å²) >= 11 is 0. The molecular weight excluding hydrogens is 309 g/mol. The highest BCUT2D eigenvalue weighted by atomic mass is 19.4. The fraction of sp³-hybridized carbons (Fsp3) is 0.133. The molecule has 0 unspecified atom stereocenters. The van der Waals surface area contributed by atoms with Crippen molar-refractivity contribution >= 4 is 0 Å². The number of pyridine rings is 2. The molecule has 5 nitrogen and oxygen atoms in total. The van der Waals surface area contributed by atoms with E-state index >= 15 is 0 Å². The molecule has 8 heteroatoms. The van der Waals surface area contributed by atoms with E-state index in [2.05, 4.69) is 19.8 Å². The number of alkyl halides is 3. The Labute approximate surface area is 129 Å². The minimum absolute atomic E-state index is 0.0889. The summed E-state index contributed by atoms with van der Waals surface area (Å²) < 4.78 is 42.8. The number of halogens is 3. The predicted octanol–water partition coefficient (Wildman–Crippen LogP) is 3.27. The van der Waals surface area contributed by atoms with Crippen molar-refractivity contribution in [2.45, 2.75) is 6.18 Å². The molecule has 3 heterocycles. The van der Waals surface area contributed by atoms with Gasteiger partial charge >= 0.3 is 6.18 Å². The van der Waals surface area contributed by atoms with Crippen LogP contribution in [0.25, 0.3) is 16.9 Å². The first-order valence-electron chi connectivity index (χ1n) is 6.63. The molecule has 0 radical (unpaired) electrons. The second-order valence-electron chi connectivity index (χ2n) is 4.65. The minimum atomic E-state index is -4.40. The molecule has 0 fully saturated rings. The summed E-state index contributed by atoms with van der Waals surface area (Å²) in [5.41, 5.74) is 1.90. The van der Waals surface area contributed by atoms with Crippen molar-refractivity contribution < 1.29 is 17.9 Å².